The molecule has 0 atom stereocenters. The van der Waals surface area contributed by atoms with Gasteiger partial charge in [0.1, 0.15) is 5.75 Å². The first-order chi connectivity index (χ1) is 8.58. The molecule has 5 nitrogen and oxygen atoms in total. The van der Waals surface area contributed by atoms with Gasteiger partial charge in [-0.25, -0.2) is 0 Å². The summed E-state index contributed by atoms with van der Waals surface area (Å²) < 4.78 is 0. The van der Waals surface area contributed by atoms with Crippen LogP contribution in [0.4, 0.5) is 11.4 Å². The standard InChI is InChI=1S/C13H22N2O3/c1-2-3-10-11(14)8(4-6-16)9(5-7-17)12(15)13(10)18/h16-18H,2-7,14-15H2,1H3. The summed E-state index contributed by atoms with van der Waals surface area (Å²) in [7, 11) is 0. The van der Waals surface area contributed by atoms with Crippen molar-refractivity contribution in [3.8, 4) is 5.75 Å². The SMILES string of the molecule is CCCc1c(N)c(CCO)c(CCO)c(N)c1O. The Morgan fingerprint density at radius 1 is 0.833 bits per heavy atom. The van der Waals surface area contributed by atoms with Gasteiger partial charge in [0.05, 0.1) is 5.69 Å². The quantitative estimate of drug-likeness (QED) is 0.376. The number of nitrogens with two attached hydrogens (primary N) is 2. The minimum atomic E-state index is -0.0748. The lowest BCUT2D eigenvalue weighted by atomic mass is 9.92. The second-order valence-corrected chi connectivity index (χ2v) is 4.31. The zero-order chi connectivity index (χ0) is 13.7. The van der Waals surface area contributed by atoms with Crippen LogP contribution in [0.3, 0.4) is 0 Å². The van der Waals surface area contributed by atoms with Crippen LogP contribution in [0.5, 0.6) is 5.75 Å². The molecule has 0 radical (unpaired) electrons. The van der Waals surface area contributed by atoms with E-state index in [9.17, 15) is 5.11 Å². The number of aliphatic hydroxyl groups is 2. The average molecular weight is 254 g/mol. The number of nitrogen functional groups attached to an aromatic ring is 2. The van der Waals surface area contributed by atoms with E-state index in [1.54, 1.807) is 0 Å². The van der Waals surface area contributed by atoms with Gasteiger partial charge in [0, 0.05) is 24.5 Å². The highest BCUT2D eigenvalue weighted by Gasteiger charge is 2.19. The maximum atomic E-state index is 10.1. The van der Waals surface area contributed by atoms with Gasteiger partial charge in [0.2, 0.25) is 0 Å². The van der Waals surface area contributed by atoms with E-state index in [1.807, 2.05) is 6.92 Å². The third-order valence-electron chi connectivity index (χ3n) is 3.10. The Bertz CT molecular complexity index is 419. The molecule has 0 fully saturated rings. The fraction of sp³-hybridized carbons (Fsp3) is 0.538. The molecule has 0 unspecified atom stereocenters. The molecule has 1 aromatic rings. The highest BCUT2D eigenvalue weighted by molar-refractivity contribution is 5.74. The van der Waals surface area contributed by atoms with Crippen molar-refractivity contribution in [3.05, 3.63) is 16.7 Å². The number of phenolic OH excluding ortho intramolecular Hbond substituents is 1. The Labute approximate surface area is 107 Å². The summed E-state index contributed by atoms with van der Waals surface area (Å²) in [5.74, 6) is 0.0134. The molecule has 0 saturated heterocycles. The first-order valence-corrected chi connectivity index (χ1v) is 6.20. The van der Waals surface area contributed by atoms with Crippen molar-refractivity contribution >= 4 is 11.4 Å². The lowest BCUT2D eigenvalue weighted by Gasteiger charge is -2.19. The number of rotatable bonds is 6. The minimum Gasteiger partial charge on any atom is -0.505 e. The lowest BCUT2D eigenvalue weighted by Crippen LogP contribution is -2.11. The van der Waals surface area contributed by atoms with E-state index in [4.69, 9.17) is 21.7 Å². The fourth-order valence-corrected chi connectivity index (χ4v) is 2.24. The van der Waals surface area contributed by atoms with Gasteiger partial charge in [-0.05, 0) is 30.4 Å². The number of aromatic hydroxyl groups is 1. The predicted molar refractivity (Wildman–Crippen MR) is 72.5 cm³/mol. The van der Waals surface area contributed by atoms with Crippen LogP contribution in [-0.4, -0.2) is 28.5 Å². The third-order valence-corrected chi connectivity index (χ3v) is 3.10. The molecular weight excluding hydrogens is 232 g/mol. The van der Waals surface area contributed by atoms with E-state index >= 15 is 0 Å². The summed E-state index contributed by atoms with van der Waals surface area (Å²) in [6, 6.07) is 0. The molecule has 7 N–H and O–H groups in total. The highest BCUT2D eigenvalue weighted by Crippen LogP contribution is 2.38. The smallest absolute Gasteiger partial charge is 0.144 e. The molecule has 0 aliphatic rings. The van der Waals surface area contributed by atoms with Crippen LogP contribution in [0, 0.1) is 0 Å². The number of hydrogen-bond donors (Lipinski definition) is 5. The minimum absolute atomic E-state index is 0.0134. The van der Waals surface area contributed by atoms with Crippen molar-refractivity contribution in [2.24, 2.45) is 0 Å². The molecule has 0 aromatic heterocycles. The fourth-order valence-electron chi connectivity index (χ4n) is 2.24. The van der Waals surface area contributed by atoms with Gasteiger partial charge in [-0.1, -0.05) is 13.3 Å². The molecule has 18 heavy (non-hydrogen) atoms. The van der Waals surface area contributed by atoms with E-state index in [0.29, 0.717) is 36.1 Å². The van der Waals surface area contributed by atoms with E-state index < -0.39 is 0 Å². The Morgan fingerprint density at radius 2 is 1.33 bits per heavy atom. The Morgan fingerprint density at radius 3 is 1.78 bits per heavy atom. The summed E-state index contributed by atoms with van der Waals surface area (Å²) in [5, 5.41) is 28.2. The van der Waals surface area contributed by atoms with Crippen molar-refractivity contribution in [3.63, 3.8) is 0 Å². The van der Waals surface area contributed by atoms with Crippen LogP contribution in [-0.2, 0) is 19.3 Å². The lowest BCUT2D eigenvalue weighted by molar-refractivity contribution is 0.293. The van der Waals surface area contributed by atoms with Crippen LogP contribution >= 0.6 is 0 Å². The molecule has 102 valence electrons. The predicted octanol–water partition coefficient (Wildman–Crippen LogP) is 0.579. The first kappa shape index (κ1) is 14.6. The third kappa shape index (κ3) is 2.68. The first-order valence-electron chi connectivity index (χ1n) is 6.20. The molecule has 0 heterocycles. The van der Waals surface area contributed by atoms with E-state index in [-0.39, 0.29) is 24.7 Å². The number of benzene rings is 1. The van der Waals surface area contributed by atoms with Crippen LogP contribution in [0.2, 0.25) is 0 Å². The van der Waals surface area contributed by atoms with Gasteiger partial charge in [-0.15, -0.1) is 0 Å². The molecule has 0 bridgehead atoms. The molecule has 0 aliphatic carbocycles. The summed E-state index contributed by atoms with van der Waals surface area (Å²) in [5.41, 5.74) is 14.7. The van der Waals surface area contributed by atoms with Crippen LogP contribution in [0.1, 0.15) is 30.0 Å². The molecule has 1 aromatic carbocycles. The topological polar surface area (TPSA) is 113 Å². The number of hydrogen-bond acceptors (Lipinski definition) is 5. The maximum absolute atomic E-state index is 10.1. The monoisotopic (exact) mass is 254 g/mol. The van der Waals surface area contributed by atoms with E-state index in [1.165, 1.54) is 0 Å². The summed E-state index contributed by atoms with van der Waals surface area (Å²) in [4.78, 5) is 0. The van der Waals surface area contributed by atoms with Crippen molar-refractivity contribution in [2.75, 3.05) is 24.7 Å². The second kappa shape index (κ2) is 6.47. The van der Waals surface area contributed by atoms with Gasteiger partial charge in [0.15, 0.2) is 0 Å². The average Bonchev–Trinajstić information content (AvgIpc) is 2.36. The van der Waals surface area contributed by atoms with Crippen molar-refractivity contribution < 1.29 is 15.3 Å². The van der Waals surface area contributed by atoms with Gasteiger partial charge in [-0.3, -0.25) is 0 Å². The molecule has 1 rings (SSSR count). The summed E-state index contributed by atoms with van der Waals surface area (Å²) in [6.07, 6.45) is 2.18. The number of aliphatic hydroxyl groups excluding tert-OH is 2. The van der Waals surface area contributed by atoms with Crippen molar-refractivity contribution in [1.29, 1.82) is 0 Å². The zero-order valence-electron chi connectivity index (χ0n) is 10.7. The molecular formula is C13H22N2O3. The van der Waals surface area contributed by atoms with Gasteiger partial charge in [-0.2, -0.15) is 0 Å². The van der Waals surface area contributed by atoms with Crippen LogP contribution < -0.4 is 11.5 Å². The van der Waals surface area contributed by atoms with E-state index in [2.05, 4.69) is 0 Å². The summed E-state index contributed by atoms with van der Waals surface area (Å²) in [6.45, 7) is 1.87. The molecule has 0 amide bonds. The summed E-state index contributed by atoms with van der Waals surface area (Å²) >= 11 is 0. The molecule has 0 spiro atoms. The number of anilines is 2. The molecule has 0 saturated carbocycles. The zero-order valence-corrected chi connectivity index (χ0v) is 10.7. The van der Waals surface area contributed by atoms with Gasteiger partial charge in [0.25, 0.3) is 0 Å². The van der Waals surface area contributed by atoms with E-state index in [0.717, 1.165) is 12.0 Å². The van der Waals surface area contributed by atoms with Crippen LogP contribution in [0.15, 0.2) is 0 Å². The van der Waals surface area contributed by atoms with Gasteiger partial charge >= 0.3 is 0 Å². The highest BCUT2D eigenvalue weighted by atomic mass is 16.3. The Balaban J connectivity index is 3.43. The largest absolute Gasteiger partial charge is 0.505 e. The van der Waals surface area contributed by atoms with Crippen LogP contribution in [0.25, 0.3) is 0 Å². The Hall–Kier alpha value is -1.46. The van der Waals surface area contributed by atoms with Crippen molar-refractivity contribution in [1.82, 2.24) is 0 Å². The normalized spacial score (nSPS) is 10.8. The second-order valence-electron chi connectivity index (χ2n) is 4.31. The number of phenols is 1. The van der Waals surface area contributed by atoms with Crippen molar-refractivity contribution in [2.45, 2.75) is 32.6 Å². The molecule has 0 aliphatic heterocycles. The Kier molecular flexibility index (Phi) is 5.25. The molecule has 5 heteroatoms. The maximum Gasteiger partial charge on any atom is 0.144 e. The van der Waals surface area contributed by atoms with Gasteiger partial charge < -0.3 is 26.8 Å².